The number of carbonyl (C=O) groups excluding carboxylic acids is 1. The fraction of sp³-hybridized carbons (Fsp3) is 0.615. The van der Waals surface area contributed by atoms with E-state index in [0.717, 1.165) is 12.8 Å². The number of nitrogens with one attached hydrogen (secondary N) is 1. The number of alkyl halides is 1. The number of rotatable bonds is 3. The smallest absolute Gasteiger partial charge is 0.254 e. The summed E-state index contributed by atoms with van der Waals surface area (Å²) in [6.07, 6.45) is 6.13. The molecular formula is C13H18ClNO2. The molecule has 0 spiro atoms. The van der Waals surface area contributed by atoms with Gasteiger partial charge in [-0.3, -0.25) is 4.79 Å². The van der Waals surface area contributed by atoms with Crippen molar-refractivity contribution in [2.45, 2.75) is 38.0 Å². The first-order chi connectivity index (χ1) is 8.18. The van der Waals surface area contributed by atoms with Gasteiger partial charge in [-0.1, -0.05) is 12.8 Å². The second-order valence-electron chi connectivity index (χ2n) is 4.66. The lowest BCUT2D eigenvalue weighted by Gasteiger charge is -2.27. The fourth-order valence-corrected chi connectivity index (χ4v) is 2.70. The summed E-state index contributed by atoms with van der Waals surface area (Å²) in [5.74, 6) is 1.00. The van der Waals surface area contributed by atoms with E-state index in [9.17, 15) is 4.79 Å². The van der Waals surface area contributed by atoms with Gasteiger partial charge in [0, 0.05) is 11.9 Å². The Morgan fingerprint density at radius 1 is 1.53 bits per heavy atom. The molecule has 0 radical (unpaired) electrons. The largest absolute Gasteiger partial charge is 0.469 e. The van der Waals surface area contributed by atoms with Gasteiger partial charge in [0.1, 0.15) is 5.76 Å². The van der Waals surface area contributed by atoms with E-state index in [0.29, 0.717) is 23.8 Å². The van der Waals surface area contributed by atoms with Crippen molar-refractivity contribution in [3.05, 3.63) is 23.7 Å². The summed E-state index contributed by atoms with van der Waals surface area (Å²) in [5, 5.41) is 3.15. The Morgan fingerprint density at radius 3 is 2.94 bits per heavy atom. The van der Waals surface area contributed by atoms with Crippen LogP contribution in [0.2, 0.25) is 0 Å². The van der Waals surface area contributed by atoms with Crippen LogP contribution in [0, 0.1) is 12.8 Å². The van der Waals surface area contributed by atoms with Gasteiger partial charge in [0.25, 0.3) is 5.91 Å². The molecule has 1 fully saturated rings. The first-order valence-corrected chi connectivity index (χ1v) is 6.58. The van der Waals surface area contributed by atoms with Crippen LogP contribution in [0.3, 0.4) is 0 Å². The number of carbonyl (C=O) groups is 1. The molecule has 3 nitrogen and oxygen atoms in total. The first-order valence-electron chi connectivity index (χ1n) is 6.15. The minimum atomic E-state index is -0.0642. The fourth-order valence-electron chi connectivity index (χ4n) is 2.33. The number of halogens is 1. The molecule has 1 aliphatic rings. The zero-order valence-corrected chi connectivity index (χ0v) is 10.8. The second-order valence-corrected chi connectivity index (χ2v) is 5.22. The molecule has 1 aromatic heterocycles. The molecule has 0 saturated heterocycles. The van der Waals surface area contributed by atoms with E-state index in [4.69, 9.17) is 16.0 Å². The molecule has 0 aliphatic heterocycles. The molecule has 17 heavy (non-hydrogen) atoms. The number of hydrogen-bond acceptors (Lipinski definition) is 2. The molecule has 4 heteroatoms. The summed E-state index contributed by atoms with van der Waals surface area (Å²) in [7, 11) is 0. The van der Waals surface area contributed by atoms with Crippen molar-refractivity contribution in [3.8, 4) is 0 Å². The van der Waals surface area contributed by atoms with Crippen molar-refractivity contribution in [3.63, 3.8) is 0 Å². The summed E-state index contributed by atoms with van der Waals surface area (Å²) in [4.78, 5) is 11.9. The van der Waals surface area contributed by atoms with Crippen LogP contribution in [-0.4, -0.2) is 17.8 Å². The van der Waals surface area contributed by atoms with Gasteiger partial charge in [0.2, 0.25) is 0 Å². The zero-order chi connectivity index (χ0) is 12.3. The highest BCUT2D eigenvalue weighted by molar-refractivity contribution is 6.20. The van der Waals surface area contributed by atoms with Crippen LogP contribution in [0.15, 0.2) is 16.7 Å². The average Bonchev–Trinajstić information content (AvgIpc) is 2.74. The van der Waals surface area contributed by atoms with Crippen molar-refractivity contribution < 1.29 is 9.21 Å². The van der Waals surface area contributed by atoms with E-state index >= 15 is 0 Å². The van der Waals surface area contributed by atoms with Crippen LogP contribution in [0.1, 0.15) is 41.8 Å². The van der Waals surface area contributed by atoms with Crippen molar-refractivity contribution in [1.29, 1.82) is 0 Å². The molecule has 1 aliphatic carbocycles. The van der Waals surface area contributed by atoms with E-state index in [1.807, 2.05) is 0 Å². The zero-order valence-electron chi connectivity index (χ0n) is 10.0. The maximum Gasteiger partial charge on any atom is 0.254 e. The number of amides is 1. The maximum atomic E-state index is 11.9. The van der Waals surface area contributed by atoms with Crippen LogP contribution in [-0.2, 0) is 0 Å². The van der Waals surface area contributed by atoms with Gasteiger partial charge in [-0.25, -0.2) is 0 Å². The minimum absolute atomic E-state index is 0.0642. The molecule has 0 aromatic carbocycles. The summed E-state index contributed by atoms with van der Waals surface area (Å²) in [5.41, 5.74) is 0.618. The topological polar surface area (TPSA) is 42.2 Å². The normalized spacial score (nSPS) is 24.6. The van der Waals surface area contributed by atoms with Crippen LogP contribution in [0.5, 0.6) is 0 Å². The highest BCUT2D eigenvalue weighted by Crippen LogP contribution is 2.28. The van der Waals surface area contributed by atoms with Gasteiger partial charge in [0.05, 0.1) is 11.8 Å². The van der Waals surface area contributed by atoms with Crippen LogP contribution < -0.4 is 5.32 Å². The molecule has 1 aromatic rings. The summed E-state index contributed by atoms with van der Waals surface area (Å²) < 4.78 is 5.11. The molecule has 1 N–H and O–H groups in total. The molecule has 1 heterocycles. The lowest BCUT2D eigenvalue weighted by Crippen LogP contribution is -2.34. The van der Waals surface area contributed by atoms with E-state index in [2.05, 4.69) is 5.32 Å². The molecule has 2 rings (SSSR count). The lowest BCUT2D eigenvalue weighted by molar-refractivity contribution is 0.0942. The standard InChI is InChI=1S/C13H18ClNO2/c1-9-11(6-7-17-9)13(16)15-8-10-4-2-3-5-12(10)14/h6-7,10,12H,2-5,8H2,1H3,(H,15,16). The monoisotopic (exact) mass is 255 g/mol. The average molecular weight is 256 g/mol. The Kier molecular flexibility index (Phi) is 4.11. The van der Waals surface area contributed by atoms with Crippen LogP contribution in [0.25, 0.3) is 0 Å². The van der Waals surface area contributed by atoms with Crippen molar-refractivity contribution in [2.24, 2.45) is 5.92 Å². The number of hydrogen-bond donors (Lipinski definition) is 1. The Hall–Kier alpha value is -0.960. The minimum Gasteiger partial charge on any atom is -0.469 e. The second kappa shape index (κ2) is 5.58. The molecule has 94 valence electrons. The summed E-state index contributed by atoms with van der Waals surface area (Å²) in [6, 6.07) is 1.70. The van der Waals surface area contributed by atoms with Gasteiger partial charge < -0.3 is 9.73 Å². The van der Waals surface area contributed by atoms with E-state index < -0.39 is 0 Å². The Balaban J connectivity index is 1.86. The Bertz CT molecular complexity index is 389. The lowest BCUT2D eigenvalue weighted by atomic mass is 9.88. The third-order valence-corrected chi connectivity index (χ3v) is 4.02. The predicted molar refractivity (Wildman–Crippen MR) is 67.4 cm³/mol. The number of furan rings is 1. The van der Waals surface area contributed by atoms with Crippen LogP contribution in [0.4, 0.5) is 0 Å². The van der Waals surface area contributed by atoms with Crippen molar-refractivity contribution in [2.75, 3.05) is 6.54 Å². The molecule has 2 atom stereocenters. The van der Waals surface area contributed by atoms with Gasteiger partial charge in [-0.15, -0.1) is 11.6 Å². The number of aryl methyl sites for hydroxylation is 1. The highest BCUT2D eigenvalue weighted by Gasteiger charge is 2.23. The molecule has 1 saturated carbocycles. The SMILES string of the molecule is Cc1occc1C(=O)NCC1CCCCC1Cl. The van der Waals surface area contributed by atoms with Gasteiger partial charge in [0.15, 0.2) is 0 Å². The Labute approximate surface area is 107 Å². The third-order valence-electron chi connectivity index (χ3n) is 3.44. The molecular weight excluding hydrogens is 238 g/mol. The third kappa shape index (κ3) is 3.03. The molecule has 1 amide bonds. The van der Waals surface area contributed by atoms with Gasteiger partial charge in [-0.05, 0) is 31.7 Å². The quantitative estimate of drug-likeness (QED) is 0.844. The van der Waals surface area contributed by atoms with E-state index in [1.54, 1.807) is 13.0 Å². The molecule has 0 bridgehead atoms. The maximum absolute atomic E-state index is 11.9. The Morgan fingerprint density at radius 2 is 2.29 bits per heavy atom. The van der Waals surface area contributed by atoms with Crippen LogP contribution >= 0.6 is 11.6 Å². The van der Waals surface area contributed by atoms with Gasteiger partial charge in [-0.2, -0.15) is 0 Å². The highest BCUT2D eigenvalue weighted by atomic mass is 35.5. The van der Waals surface area contributed by atoms with Crippen molar-refractivity contribution in [1.82, 2.24) is 5.32 Å². The summed E-state index contributed by atoms with van der Waals surface area (Å²) in [6.45, 7) is 2.46. The van der Waals surface area contributed by atoms with E-state index in [1.165, 1.54) is 19.1 Å². The van der Waals surface area contributed by atoms with Crippen molar-refractivity contribution >= 4 is 17.5 Å². The summed E-state index contributed by atoms with van der Waals surface area (Å²) >= 11 is 6.25. The van der Waals surface area contributed by atoms with Gasteiger partial charge >= 0.3 is 0 Å². The molecule has 2 unspecified atom stereocenters. The predicted octanol–water partition coefficient (Wildman–Crippen LogP) is 3.12. The first kappa shape index (κ1) is 12.5. The van der Waals surface area contributed by atoms with E-state index in [-0.39, 0.29) is 11.3 Å².